The first-order valence-electron chi connectivity index (χ1n) is 9.17. The number of aromatic nitrogens is 2. The number of nitrogens with one attached hydrogen (secondary N) is 1. The molecule has 0 aliphatic rings. The molecule has 0 fully saturated rings. The highest BCUT2D eigenvalue weighted by Gasteiger charge is 2.17. The molecule has 1 amide bonds. The number of imidazole rings is 1. The molecule has 4 rings (SSSR count). The molecule has 0 atom stereocenters. The molecule has 0 saturated heterocycles. The first-order valence-corrected chi connectivity index (χ1v) is 9.17. The zero-order valence-electron chi connectivity index (χ0n) is 16.5. The Morgan fingerprint density at radius 2 is 1.86 bits per heavy atom. The van der Waals surface area contributed by atoms with Gasteiger partial charge in [0.15, 0.2) is 11.5 Å². The van der Waals surface area contributed by atoms with E-state index in [1.807, 2.05) is 60.1 Å². The van der Waals surface area contributed by atoms with Gasteiger partial charge in [-0.2, -0.15) is 0 Å². The van der Waals surface area contributed by atoms with Crippen LogP contribution in [0.2, 0.25) is 0 Å². The number of rotatable bonds is 5. The van der Waals surface area contributed by atoms with Crippen LogP contribution in [0.3, 0.4) is 0 Å². The van der Waals surface area contributed by atoms with Crippen LogP contribution in [-0.4, -0.2) is 29.5 Å². The zero-order chi connectivity index (χ0) is 20.4. The lowest BCUT2D eigenvalue weighted by molar-refractivity contribution is 0.102. The van der Waals surface area contributed by atoms with Crippen LogP contribution in [0.5, 0.6) is 11.5 Å². The lowest BCUT2D eigenvalue weighted by Gasteiger charge is -2.13. The van der Waals surface area contributed by atoms with Crippen molar-refractivity contribution in [2.45, 2.75) is 6.92 Å². The van der Waals surface area contributed by atoms with Crippen LogP contribution < -0.4 is 14.8 Å². The molecular weight excluding hydrogens is 366 g/mol. The molecule has 6 heteroatoms. The van der Waals surface area contributed by atoms with E-state index in [2.05, 4.69) is 10.3 Å². The number of para-hydroxylation sites is 1. The largest absolute Gasteiger partial charge is 0.493 e. The quantitative estimate of drug-likeness (QED) is 0.544. The second kappa shape index (κ2) is 7.67. The highest BCUT2D eigenvalue weighted by Crippen LogP contribution is 2.31. The Morgan fingerprint density at radius 3 is 2.66 bits per heavy atom. The minimum absolute atomic E-state index is 0.275. The number of carbonyl (C=O) groups excluding carboxylic acids is 1. The van der Waals surface area contributed by atoms with E-state index in [1.165, 1.54) is 7.11 Å². The molecule has 0 aliphatic heterocycles. The van der Waals surface area contributed by atoms with E-state index in [-0.39, 0.29) is 5.91 Å². The molecule has 29 heavy (non-hydrogen) atoms. The van der Waals surface area contributed by atoms with Gasteiger partial charge < -0.3 is 19.2 Å². The molecule has 0 bridgehead atoms. The Hall–Kier alpha value is -3.80. The monoisotopic (exact) mass is 387 g/mol. The summed E-state index contributed by atoms with van der Waals surface area (Å²) in [5.74, 6) is 0.636. The molecular formula is C23H21N3O3. The van der Waals surface area contributed by atoms with E-state index in [0.29, 0.717) is 22.7 Å². The summed E-state index contributed by atoms with van der Waals surface area (Å²) in [6, 6.07) is 16.9. The maximum atomic E-state index is 12.8. The number of carbonyl (C=O) groups is 1. The number of anilines is 1. The Morgan fingerprint density at radius 1 is 1.03 bits per heavy atom. The predicted octanol–water partition coefficient (Wildman–Crippen LogP) is 4.58. The smallest absolute Gasteiger partial charge is 0.259 e. The second-order valence-corrected chi connectivity index (χ2v) is 6.67. The normalized spacial score (nSPS) is 10.7. The van der Waals surface area contributed by atoms with Crippen molar-refractivity contribution in [2.24, 2.45) is 0 Å². The number of nitrogens with zero attached hydrogens (tertiary/aromatic N) is 2. The average Bonchev–Trinajstić information content (AvgIpc) is 3.16. The summed E-state index contributed by atoms with van der Waals surface area (Å²) >= 11 is 0. The van der Waals surface area contributed by atoms with Crippen molar-refractivity contribution in [3.8, 4) is 22.8 Å². The average molecular weight is 387 g/mol. The fourth-order valence-electron chi connectivity index (χ4n) is 3.24. The van der Waals surface area contributed by atoms with Gasteiger partial charge in [0, 0.05) is 23.6 Å². The summed E-state index contributed by atoms with van der Waals surface area (Å²) in [5, 5.41) is 2.93. The van der Waals surface area contributed by atoms with Gasteiger partial charge in [-0.15, -0.1) is 0 Å². The van der Waals surface area contributed by atoms with Crippen molar-refractivity contribution in [2.75, 3.05) is 19.5 Å². The first-order chi connectivity index (χ1) is 14.1. The van der Waals surface area contributed by atoms with Crippen molar-refractivity contribution < 1.29 is 14.3 Å². The molecule has 4 aromatic rings. The van der Waals surface area contributed by atoms with Gasteiger partial charge in [-0.25, -0.2) is 4.98 Å². The minimum Gasteiger partial charge on any atom is -0.493 e. The molecule has 0 saturated carbocycles. The van der Waals surface area contributed by atoms with Crippen LogP contribution in [0, 0.1) is 6.92 Å². The van der Waals surface area contributed by atoms with Crippen molar-refractivity contribution >= 4 is 17.2 Å². The molecule has 2 heterocycles. The van der Waals surface area contributed by atoms with Crippen LogP contribution in [0.25, 0.3) is 16.9 Å². The topological polar surface area (TPSA) is 64.9 Å². The van der Waals surface area contributed by atoms with Crippen molar-refractivity contribution in [1.82, 2.24) is 9.38 Å². The Kier molecular flexibility index (Phi) is 4.91. The fourth-order valence-corrected chi connectivity index (χ4v) is 3.24. The van der Waals surface area contributed by atoms with E-state index in [9.17, 15) is 4.79 Å². The van der Waals surface area contributed by atoms with Crippen LogP contribution in [0.4, 0.5) is 5.69 Å². The van der Waals surface area contributed by atoms with Crippen LogP contribution in [0.1, 0.15) is 15.9 Å². The number of benzene rings is 2. The fraction of sp³-hybridized carbons (Fsp3) is 0.130. The van der Waals surface area contributed by atoms with Crippen molar-refractivity contribution in [1.29, 1.82) is 0 Å². The number of aryl methyl sites for hydroxylation is 1. The molecule has 6 nitrogen and oxygen atoms in total. The molecule has 0 aliphatic carbocycles. The van der Waals surface area contributed by atoms with Gasteiger partial charge in [0.25, 0.3) is 5.91 Å². The lowest BCUT2D eigenvalue weighted by Crippen LogP contribution is -2.13. The highest BCUT2D eigenvalue weighted by atomic mass is 16.5. The third kappa shape index (κ3) is 3.65. The molecule has 0 unspecified atom stereocenters. The first kappa shape index (κ1) is 18.6. The van der Waals surface area contributed by atoms with Gasteiger partial charge in [0.05, 0.1) is 25.5 Å². The summed E-state index contributed by atoms with van der Waals surface area (Å²) in [7, 11) is 3.06. The molecule has 0 spiro atoms. The molecule has 0 radical (unpaired) electrons. The van der Waals surface area contributed by atoms with Gasteiger partial charge in [-0.1, -0.05) is 18.2 Å². The van der Waals surface area contributed by atoms with E-state index in [4.69, 9.17) is 9.47 Å². The predicted molar refractivity (Wildman–Crippen MR) is 113 cm³/mol. The van der Waals surface area contributed by atoms with E-state index < -0.39 is 0 Å². The van der Waals surface area contributed by atoms with Gasteiger partial charge in [-0.3, -0.25) is 4.79 Å². The maximum Gasteiger partial charge on any atom is 0.259 e. The summed E-state index contributed by atoms with van der Waals surface area (Å²) in [6.45, 7) is 2.04. The third-order valence-electron chi connectivity index (χ3n) is 4.68. The molecule has 146 valence electrons. The second-order valence-electron chi connectivity index (χ2n) is 6.67. The summed E-state index contributed by atoms with van der Waals surface area (Å²) in [6.07, 6.45) is 3.96. The van der Waals surface area contributed by atoms with E-state index >= 15 is 0 Å². The van der Waals surface area contributed by atoms with Gasteiger partial charge >= 0.3 is 0 Å². The molecule has 2 aromatic heterocycles. The van der Waals surface area contributed by atoms with Crippen molar-refractivity contribution in [3.63, 3.8) is 0 Å². The van der Waals surface area contributed by atoms with Crippen LogP contribution >= 0.6 is 0 Å². The number of fused-ring (bicyclic) bond motifs is 1. The van der Waals surface area contributed by atoms with E-state index in [0.717, 1.165) is 22.5 Å². The Labute approximate surface area is 168 Å². The Bertz CT molecular complexity index is 1200. The van der Waals surface area contributed by atoms with Gasteiger partial charge in [0.1, 0.15) is 5.65 Å². The summed E-state index contributed by atoms with van der Waals surface area (Å²) in [5.41, 5.74) is 4.87. The molecule has 2 aromatic carbocycles. The number of amides is 1. The third-order valence-corrected chi connectivity index (χ3v) is 4.68. The lowest BCUT2D eigenvalue weighted by atomic mass is 10.1. The number of pyridine rings is 1. The number of hydrogen-bond donors (Lipinski definition) is 1. The SMILES string of the molecule is COc1cccc(C(=O)Nc2cccc(-c3cn4ccc(C)cc4n3)c2)c1OC. The summed E-state index contributed by atoms with van der Waals surface area (Å²) < 4.78 is 12.6. The highest BCUT2D eigenvalue weighted by molar-refractivity contribution is 6.07. The van der Waals surface area contributed by atoms with Crippen LogP contribution in [-0.2, 0) is 0 Å². The maximum absolute atomic E-state index is 12.8. The van der Waals surface area contributed by atoms with Crippen LogP contribution in [0.15, 0.2) is 67.0 Å². The number of ether oxygens (including phenoxy) is 2. The summed E-state index contributed by atoms with van der Waals surface area (Å²) in [4.78, 5) is 17.5. The zero-order valence-corrected chi connectivity index (χ0v) is 16.5. The van der Waals surface area contributed by atoms with Gasteiger partial charge in [-0.05, 0) is 48.9 Å². The number of methoxy groups -OCH3 is 2. The molecule has 1 N–H and O–H groups in total. The van der Waals surface area contributed by atoms with Crippen molar-refractivity contribution in [3.05, 3.63) is 78.1 Å². The van der Waals surface area contributed by atoms with E-state index in [1.54, 1.807) is 25.3 Å². The number of hydrogen-bond acceptors (Lipinski definition) is 4. The standard InChI is InChI=1S/C23H21N3O3/c1-15-10-11-26-14-19(25-21(26)12-15)16-6-4-7-17(13-16)24-23(27)18-8-5-9-20(28-2)22(18)29-3/h4-14H,1-3H3,(H,24,27). The Balaban J connectivity index is 1.63. The minimum atomic E-state index is -0.275. The van der Waals surface area contributed by atoms with Gasteiger partial charge in [0.2, 0.25) is 0 Å².